The highest BCUT2D eigenvalue weighted by Crippen LogP contribution is 2.01. The summed E-state index contributed by atoms with van der Waals surface area (Å²) in [4.78, 5) is 20.4. The molecule has 1 heterocycles. The maximum Gasteiger partial charge on any atom is 0.356 e. The van der Waals surface area contributed by atoms with Gasteiger partial charge in [-0.3, -0.25) is 5.10 Å². The molecule has 0 aromatic carbocycles. The van der Waals surface area contributed by atoms with Gasteiger partial charge in [-0.25, -0.2) is 9.59 Å². The number of nitrogens with one attached hydrogen (secondary N) is 1. The second-order valence-corrected chi connectivity index (χ2v) is 2.19. The highest BCUT2D eigenvalue weighted by atomic mass is 16.4. The Morgan fingerprint density at radius 2 is 2.15 bits per heavy atom. The van der Waals surface area contributed by atoms with Crippen molar-refractivity contribution in [3.8, 4) is 0 Å². The molecule has 0 aliphatic heterocycles. The van der Waals surface area contributed by atoms with E-state index >= 15 is 0 Å². The third-order valence-corrected chi connectivity index (χ3v) is 1.22. The lowest BCUT2D eigenvalue weighted by atomic mass is 10.3. The topological polar surface area (TPSA) is 103 Å². The molecule has 1 rings (SSSR count). The number of carboxylic acids is 2. The first-order valence-electron chi connectivity index (χ1n) is 3.29. The van der Waals surface area contributed by atoms with Gasteiger partial charge in [0.25, 0.3) is 0 Å². The van der Waals surface area contributed by atoms with Crippen LogP contribution >= 0.6 is 0 Å². The average Bonchev–Trinajstić information content (AvgIpc) is 2.48. The van der Waals surface area contributed by atoms with E-state index in [1.54, 1.807) is 0 Å². The maximum absolute atomic E-state index is 10.3. The molecule has 6 heteroatoms. The van der Waals surface area contributed by atoms with Gasteiger partial charge in [-0.1, -0.05) is 0 Å². The molecule has 0 saturated heterocycles. The minimum atomic E-state index is -1.16. The van der Waals surface area contributed by atoms with E-state index in [1.165, 1.54) is 12.1 Å². The fourth-order valence-electron chi connectivity index (χ4n) is 0.693. The van der Waals surface area contributed by atoms with Gasteiger partial charge >= 0.3 is 11.9 Å². The summed E-state index contributed by atoms with van der Waals surface area (Å²) in [6.45, 7) is 0. The number of aromatic carboxylic acids is 1. The van der Waals surface area contributed by atoms with Crippen LogP contribution in [0, 0.1) is 0 Å². The maximum atomic E-state index is 10.3. The summed E-state index contributed by atoms with van der Waals surface area (Å²) in [6.07, 6.45) is 2.11. The van der Waals surface area contributed by atoms with Gasteiger partial charge in [0.2, 0.25) is 0 Å². The van der Waals surface area contributed by atoms with Crippen LogP contribution in [0.3, 0.4) is 0 Å². The highest BCUT2D eigenvalue weighted by molar-refractivity contribution is 5.87. The Hall–Kier alpha value is -2.11. The van der Waals surface area contributed by atoms with Crippen molar-refractivity contribution in [1.29, 1.82) is 0 Å². The number of hydrogen-bond donors (Lipinski definition) is 3. The first-order valence-corrected chi connectivity index (χ1v) is 3.29. The van der Waals surface area contributed by atoms with Crippen LogP contribution in [0.15, 0.2) is 12.1 Å². The summed E-state index contributed by atoms with van der Waals surface area (Å²) in [5, 5.41) is 22.5. The van der Waals surface area contributed by atoms with Crippen LogP contribution in [0.25, 0.3) is 6.08 Å². The summed E-state index contributed by atoms with van der Waals surface area (Å²) in [6, 6.07) is 1.24. The van der Waals surface area contributed by atoms with Crippen molar-refractivity contribution < 1.29 is 19.8 Å². The van der Waals surface area contributed by atoms with Crippen molar-refractivity contribution in [2.75, 3.05) is 0 Å². The summed E-state index contributed by atoms with van der Waals surface area (Å²) in [5.41, 5.74) is 0.185. The SMILES string of the molecule is O=C(O)/C=C\c1cc(C(=O)O)n[nH]1. The first-order chi connectivity index (χ1) is 6.09. The molecule has 0 bridgehead atoms. The largest absolute Gasteiger partial charge is 0.478 e. The van der Waals surface area contributed by atoms with Crippen molar-refractivity contribution in [3.63, 3.8) is 0 Å². The number of aromatic amines is 1. The van der Waals surface area contributed by atoms with Gasteiger partial charge < -0.3 is 10.2 Å². The van der Waals surface area contributed by atoms with Crippen LogP contribution in [0.2, 0.25) is 0 Å². The molecule has 0 amide bonds. The summed E-state index contributed by atoms with van der Waals surface area (Å²) in [7, 11) is 0. The van der Waals surface area contributed by atoms with E-state index < -0.39 is 11.9 Å². The number of rotatable bonds is 3. The first kappa shape index (κ1) is 8.98. The van der Waals surface area contributed by atoms with E-state index in [9.17, 15) is 9.59 Å². The normalized spacial score (nSPS) is 10.5. The molecule has 0 saturated carbocycles. The fraction of sp³-hybridized carbons (Fsp3) is 0. The number of nitrogens with zero attached hydrogens (tertiary/aromatic N) is 1. The fourth-order valence-corrected chi connectivity index (χ4v) is 0.693. The van der Waals surface area contributed by atoms with Gasteiger partial charge in [-0.2, -0.15) is 5.10 Å². The smallest absolute Gasteiger partial charge is 0.356 e. The van der Waals surface area contributed by atoms with Crippen LogP contribution in [0.5, 0.6) is 0 Å². The monoisotopic (exact) mass is 182 g/mol. The standard InChI is InChI=1S/C7H6N2O4/c10-6(11)2-1-4-3-5(7(12)13)9-8-4/h1-3H,(H,8,9)(H,10,11)(H,12,13)/b2-1-. The molecule has 0 spiro atoms. The number of aromatic nitrogens is 2. The van der Waals surface area contributed by atoms with Crippen molar-refractivity contribution in [3.05, 3.63) is 23.5 Å². The Balaban J connectivity index is 2.80. The van der Waals surface area contributed by atoms with E-state index in [-0.39, 0.29) is 5.69 Å². The van der Waals surface area contributed by atoms with Gasteiger partial charge in [-0.05, 0) is 12.1 Å². The molecule has 0 aliphatic carbocycles. The second-order valence-electron chi connectivity index (χ2n) is 2.19. The number of carbonyl (C=O) groups is 2. The molecule has 3 N–H and O–H groups in total. The lowest BCUT2D eigenvalue weighted by Gasteiger charge is -1.80. The van der Waals surface area contributed by atoms with Crippen LogP contribution in [0.1, 0.15) is 16.2 Å². The lowest BCUT2D eigenvalue weighted by molar-refractivity contribution is -0.131. The number of H-pyrrole nitrogens is 1. The molecule has 0 unspecified atom stereocenters. The zero-order valence-corrected chi connectivity index (χ0v) is 6.39. The molecule has 6 nitrogen and oxygen atoms in total. The molecule has 0 fully saturated rings. The van der Waals surface area contributed by atoms with Gasteiger partial charge in [0.1, 0.15) is 0 Å². The van der Waals surface area contributed by atoms with Crippen LogP contribution < -0.4 is 0 Å². The molecular formula is C7H6N2O4. The Labute approximate surface area is 72.5 Å². The number of hydrogen-bond acceptors (Lipinski definition) is 3. The summed E-state index contributed by atoms with van der Waals surface area (Å²) >= 11 is 0. The van der Waals surface area contributed by atoms with Crippen molar-refractivity contribution in [2.45, 2.75) is 0 Å². The van der Waals surface area contributed by atoms with Gasteiger partial charge in [0.05, 0.1) is 5.69 Å². The number of aliphatic carboxylic acids is 1. The van der Waals surface area contributed by atoms with E-state index in [1.807, 2.05) is 0 Å². The average molecular weight is 182 g/mol. The molecule has 0 aliphatic rings. The van der Waals surface area contributed by atoms with E-state index in [2.05, 4.69) is 10.2 Å². The van der Waals surface area contributed by atoms with Gasteiger partial charge in [-0.15, -0.1) is 0 Å². The molecule has 1 aromatic heterocycles. The highest BCUT2D eigenvalue weighted by Gasteiger charge is 2.05. The zero-order chi connectivity index (χ0) is 9.84. The predicted octanol–water partition coefficient (Wildman–Crippen LogP) is 0.206. The molecular weight excluding hydrogens is 176 g/mol. The van der Waals surface area contributed by atoms with Gasteiger partial charge in [0, 0.05) is 6.08 Å². The van der Waals surface area contributed by atoms with Crippen molar-refractivity contribution in [1.82, 2.24) is 10.2 Å². The van der Waals surface area contributed by atoms with Crippen LogP contribution in [0.4, 0.5) is 0 Å². The third-order valence-electron chi connectivity index (χ3n) is 1.22. The lowest BCUT2D eigenvalue weighted by Crippen LogP contribution is -1.95. The van der Waals surface area contributed by atoms with Crippen molar-refractivity contribution in [2.24, 2.45) is 0 Å². The zero-order valence-electron chi connectivity index (χ0n) is 6.39. The summed E-state index contributed by atoms with van der Waals surface area (Å²) < 4.78 is 0. The molecule has 0 atom stereocenters. The van der Waals surface area contributed by atoms with E-state index in [0.29, 0.717) is 5.69 Å². The minimum Gasteiger partial charge on any atom is -0.478 e. The van der Waals surface area contributed by atoms with E-state index in [0.717, 1.165) is 6.08 Å². The Bertz CT molecular complexity index is 366. The molecule has 0 radical (unpaired) electrons. The Morgan fingerprint density at radius 1 is 1.46 bits per heavy atom. The minimum absolute atomic E-state index is 0.148. The van der Waals surface area contributed by atoms with E-state index in [4.69, 9.17) is 10.2 Å². The van der Waals surface area contributed by atoms with Crippen LogP contribution in [-0.4, -0.2) is 32.3 Å². The van der Waals surface area contributed by atoms with Crippen LogP contribution in [-0.2, 0) is 4.79 Å². The molecule has 13 heavy (non-hydrogen) atoms. The quantitative estimate of drug-likeness (QED) is 0.579. The Morgan fingerprint density at radius 3 is 2.62 bits per heavy atom. The van der Waals surface area contributed by atoms with Crippen molar-refractivity contribution >= 4 is 18.0 Å². The third kappa shape index (κ3) is 2.44. The summed E-state index contributed by atoms with van der Waals surface area (Å²) in [5.74, 6) is -2.27. The van der Waals surface area contributed by atoms with Gasteiger partial charge in [0.15, 0.2) is 5.69 Å². The number of carboxylic acid groups (broad SMARTS) is 2. The molecule has 1 aromatic rings. The molecule has 68 valence electrons. The second kappa shape index (κ2) is 3.53. The Kier molecular flexibility index (Phi) is 2.44. The predicted molar refractivity (Wildman–Crippen MR) is 42.2 cm³/mol.